The number of hydrogen-bond acceptors (Lipinski definition) is 3. The van der Waals surface area contributed by atoms with Gasteiger partial charge in [0.1, 0.15) is 17.3 Å². The standard InChI is InChI=1S/C14H14N4OS.C9H8F2.C2H6/c1-8-13(6-12(14(15)19)18(8)2)20-10-3-4-11-9(5-10)7-16-17-11;10-8-4-5-9(11)7-3-1-2-6(7)8;1-2/h3-7H,1-2H3,(H2,15,19)(H,16,17);4-5H,1-3H2;1-2H3. The van der Waals surface area contributed by atoms with Crippen LogP contribution in [0.2, 0.25) is 0 Å². The van der Waals surface area contributed by atoms with Gasteiger partial charge in [0.05, 0.1) is 11.7 Å². The van der Waals surface area contributed by atoms with E-state index in [0.717, 1.165) is 32.8 Å². The second-order valence-electron chi connectivity index (χ2n) is 7.46. The zero-order chi connectivity index (χ0) is 24.1. The van der Waals surface area contributed by atoms with Gasteiger partial charge in [0.25, 0.3) is 5.91 Å². The van der Waals surface area contributed by atoms with E-state index in [2.05, 4.69) is 16.3 Å². The van der Waals surface area contributed by atoms with Crippen molar-refractivity contribution in [2.45, 2.75) is 49.8 Å². The largest absolute Gasteiger partial charge is 0.364 e. The highest BCUT2D eigenvalue weighted by atomic mass is 32.2. The Kier molecular flexibility index (Phi) is 7.92. The molecule has 174 valence electrons. The molecule has 1 aliphatic carbocycles. The summed E-state index contributed by atoms with van der Waals surface area (Å²) in [6.45, 7) is 5.98. The van der Waals surface area contributed by atoms with E-state index in [0.29, 0.717) is 29.7 Å². The van der Waals surface area contributed by atoms with Gasteiger partial charge >= 0.3 is 0 Å². The summed E-state index contributed by atoms with van der Waals surface area (Å²) >= 11 is 1.61. The van der Waals surface area contributed by atoms with Gasteiger partial charge in [-0.3, -0.25) is 9.89 Å². The van der Waals surface area contributed by atoms with E-state index in [9.17, 15) is 13.6 Å². The number of rotatable bonds is 3. The van der Waals surface area contributed by atoms with Crippen molar-refractivity contribution >= 4 is 28.6 Å². The van der Waals surface area contributed by atoms with Crippen LogP contribution in [0.15, 0.2) is 52.4 Å². The maximum Gasteiger partial charge on any atom is 0.265 e. The third kappa shape index (κ3) is 5.27. The lowest BCUT2D eigenvalue weighted by Gasteiger charge is -2.03. The van der Waals surface area contributed by atoms with Crippen molar-refractivity contribution in [1.82, 2.24) is 14.8 Å². The number of halogens is 2. The Bertz CT molecular complexity index is 1250. The first kappa shape index (κ1) is 24.5. The van der Waals surface area contributed by atoms with Gasteiger partial charge in [-0.15, -0.1) is 0 Å². The Balaban J connectivity index is 0.000000199. The van der Waals surface area contributed by atoms with Gasteiger partial charge in [-0.05, 0) is 73.7 Å². The lowest BCUT2D eigenvalue weighted by Crippen LogP contribution is -2.15. The van der Waals surface area contributed by atoms with Crippen LogP contribution in [0, 0.1) is 18.6 Å². The number of benzene rings is 2. The molecule has 0 spiro atoms. The van der Waals surface area contributed by atoms with Crippen LogP contribution in [-0.2, 0) is 19.9 Å². The maximum absolute atomic E-state index is 12.9. The number of nitrogens with one attached hydrogen (secondary N) is 1. The van der Waals surface area contributed by atoms with Gasteiger partial charge in [-0.2, -0.15) is 5.10 Å². The first-order valence-corrected chi connectivity index (χ1v) is 11.7. The number of carbonyl (C=O) groups is 1. The lowest BCUT2D eigenvalue weighted by molar-refractivity contribution is 0.0992. The summed E-state index contributed by atoms with van der Waals surface area (Å²) in [5, 5.41) is 8.00. The van der Waals surface area contributed by atoms with Crippen LogP contribution in [0.4, 0.5) is 8.78 Å². The van der Waals surface area contributed by atoms with Crippen molar-refractivity contribution in [2.24, 2.45) is 12.8 Å². The average molecular weight is 471 g/mol. The number of aromatic amines is 1. The molecule has 0 radical (unpaired) electrons. The first-order chi connectivity index (χ1) is 15.8. The summed E-state index contributed by atoms with van der Waals surface area (Å²) in [5.41, 5.74) is 9.10. The molecule has 0 aliphatic heterocycles. The predicted octanol–water partition coefficient (Wildman–Crippen LogP) is 5.94. The van der Waals surface area contributed by atoms with Crippen LogP contribution in [0.3, 0.4) is 0 Å². The van der Waals surface area contributed by atoms with Crippen LogP contribution < -0.4 is 5.73 Å². The number of primary amides is 1. The smallest absolute Gasteiger partial charge is 0.265 e. The van der Waals surface area contributed by atoms with Crippen LogP contribution in [0.1, 0.15) is 47.6 Å². The van der Waals surface area contributed by atoms with E-state index >= 15 is 0 Å². The number of aromatic nitrogens is 3. The quantitative estimate of drug-likeness (QED) is 0.389. The molecule has 5 rings (SSSR count). The molecule has 0 fully saturated rings. The molecule has 0 atom stereocenters. The SMILES string of the molecule is CC.Cc1c(Sc2ccc3[nH]ncc3c2)cc(C(N)=O)n1C.Fc1ccc(F)c2c1CCC2. The number of amides is 1. The lowest BCUT2D eigenvalue weighted by atomic mass is 10.1. The number of carbonyl (C=O) groups excluding carboxylic acids is 1. The second-order valence-corrected chi connectivity index (χ2v) is 8.58. The fourth-order valence-corrected chi connectivity index (χ4v) is 4.77. The Labute approximate surface area is 196 Å². The molecule has 5 nitrogen and oxygen atoms in total. The number of nitrogens with zero attached hydrogens (tertiary/aromatic N) is 2. The Morgan fingerprint density at radius 3 is 2.30 bits per heavy atom. The topological polar surface area (TPSA) is 76.7 Å². The molecule has 2 heterocycles. The predicted molar refractivity (Wildman–Crippen MR) is 129 cm³/mol. The number of H-pyrrole nitrogens is 1. The fraction of sp³-hybridized carbons (Fsp3) is 0.280. The molecule has 2 aromatic carbocycles. The van der Waals surface area contributed by atoms with Gasteiger partial charge in [-0.1, -0.05) is 25.6 Å². The summed E-state index contributed by atoms with van der Waals surface area (Å²) in [6, 6.07) is 10.3. The number of hydrogen-bond donors (Lipinski definition) is 2. The summed E-state index contributed by atoms with van der Waals surface area (Å²) in [5.74, 6) is -0.912. The Hall–Kier alpha value is -3.13. The highest BCUT2D eigenvalue weighted by molar-refractivity contribution is 7.99. The Morgan fingerprint density at radius 1 is 1.09 bits per heavy atom. The highest BCUT2D eigenvalue weighted by Gasteiger charge is 2.18. The van der Waals surface area contributed by atoms with Crippen molar-refractivity contribution in [1.29, 1.82) is 0 Å². The molecule has 4 aromatic rings. The molecule has 2 aromatic heterocycles. The zero-order valence-electron chi connectivity index (χ0n) is 19.2. The van der Waals surface area contributed by atoms with Crippen molar-refractivity contribution in [3.05, 3.63) is 76.7 Å². The van der Waals surface area contributed by atoms with Crippen LogP contribution in [0.5, 0.6) is 0 Å². The fourth-order valence-electron chi connectivity index (χ4n) is 3.74. The van der Waals surface area contributed by atoms with Gasteiger partial charge in [0.15, 0.2) is 0 Å². The van der Waals surface area contributed by atoms with Crippen molar-refractivity contribution in [3.8, 4) is 0 Å². The van der Waals surface area contributed by atoms with E-state index in [1.165, 1.54) is 12.1 Å². The summed E-state index contributed by atoms with van der Waals surface area (Å²) in [4.78, 5) is 13.5. The van der Waals surface area contributed by atoms with Crippen LogP contribution in [0.25, 0.3) is 10.9 Å². The number of nitrogens with two attached hydrogens (primary N) is 1. The maximum atomic E-state index is 12.9. The van der Waals surface area contributed by atoms with Gasteiger partial charge in [-0.25, -0.2) is 8.78 Å². The first-order valence-electron chi connectivity index (χ1n) is 10.9. The minimum Gasteiger partial charge on any atom is -0.364 e. The molecular formula is C25H28F2N4OS. The van der Waals surface area contributed by atoms with E-state index in [1.807, 2.05) is 50.6 Å². The third-order valence-electron chi connectivity index (χ3n) is 5.55. The molecule has 1 aliphatic rings. The van der Waals surface area contributed by atoms with E-state index < -0.39 is 5.91 Å². The molecule has 3 N–H and O–H groups in total. The van der Waals surface area contributed by atoms with E-state index in [-0.39, 0.29) is 11.6 Å². The molecule has 0 saturated carbocycles. The zero-order valence-corrected chi connectivity index (χ0v) is 20.0. The normalized spacial score (nSPS) is 11.9. The van der Waals surface area contributed by atoms with Crippen molar-refractivity contribution < 1.29 is 13.6 Å². The van der Waals surface area contributed by atoms with Crippen molar-refractivity contribution in [3.63, 3.8) is 0 Å². The minimum absolute atomic E-state index is 0.251. The van der Waals surface area contributed by atoms with Gasteiger partial charge < -0.3 is 10.3 Å². The number of fused-ring (bicyclic) bond motifs is 2. The van der Waals surface area contributed by atoms with E-state index in [1.54, 1.807) is 18.0 Å². The average Bonchev–Trinajstić information content (AvgIpc) is 3.54. The van der Waals surface area contributed by atoms with Gasteiger partial charge in [0, 0.05) is 27.9 Å². The summed E-state index contributed by atoms with van der Waals surface area (Å²) in [7, 11) is 1.85. The molecular weight excluding hydrogens is 442 g/mol. The highest BCUT2D eigenvalue weighted by Crippen LogP contribution is 2.33. The second kappa shape index (κ2) is 10.7. The van der Waals surface area contributed by atoms with Crippen LogP contribution in [-0.4, -0.2) is 20.7 Å². The molecule has 1 amide bonds. The summed E-state index contributed by atoms with van der Waals surface area (Å²) < 4.78 is 27.6. The minimum atomic E-state index is -0.410. The molecule has 0 bridgehead atoms. The molecule has 0 saturated heterocycles. The van der Waals surface area contributed by atoms with Crippen LogP contribution >= 0.6 is 11.8 Å². The monoisotopic (exact) mass is 470 g/mol. The summed E-state index contributed by atoms with van der Waals surface area (Å²) in [6.07, 6.45) is 4.07. The van der Waals surface area contributed by atoms with E-state index in [4.69, 9.17) is 5.73 Å². The molecule has 8 heteroatoms. The third-order valence-corrected chi connectivity index (χ3v) is 6.67. The van der Waals surface area contributed by atoms with Gasteiger partial charge in [0.2, 0.25) is 0 Å². The molecule has 33 heavy (non-hydrogen) atoms. The Morgan fingerprint density at radius 2 is 1.73 bits per heavy atom. The molecule has 0 unspecified atom stereocenters. The van der Waals surface area contributed by atoms with Crippen molar-refractivity contribution in [2.75, 3.05) is 0 Å².